The van der Waals surface area contributed by atoms with E-state index in [2.05, 4.69) is 19.6 Å². The lowest BCUT2D eigenvalue weighted by Gasteiger charge is -2.16. The molecule has 0 bridgehead atoms. The fourth-order valence-electron chi connectivity index (χ4n) is 5.32. The number of likely N-dealkylation sites (tertiary alicyclic amines) is 1. The fraction of sp³-hybridized carbons (Fsp3) is 0.194. The molecule has 0 spiro atoms. The molecule has 0 unspecified atom stereocenters. The number of nitrogens with zero attached hydrogens (tertiary/aromatic N) is 4. The summed E-state index contributed by atoms with van der Waals surface area (Å²) in [6.45, 7) is 3.00. The maximum Gasteiger partial charge on any atom is 0.267 e. The Kier molecular flexibility index (Phi) is 7.74. The van der Waals surface area contributed by atoms with Crippen LogP contribution >= 0.6 is 0 Å². The second-order valence-corrected chi connectivity index (χ2v) is 12.1. The van der Waals surface area contributed by atoms with Gasteiger partial charge in [0.15, 0.2) is 0 Å². The number of nitrogens with one attached hydrogen (secondary N) is 1. The number of pyridine rings is 1. The molecule has 0 atom stereocenters. The zero-order chi connectivity index (χ0) is 31.0. The third kappa shape index (κ3) is 5.71. The lowest BCUT2D eigenvalue weighted by molar-refractivity contribution is 0.331. The first-order chi connectivity index (χ1) is 21.1. The number of halogens is 2. The molecule has 226 valence electrons. The Balaban J connectivity index is 1.35. The first-order valence-electron chi connectivity index (χ1n) is 13.8. The minimum Gasteiger partial charge on any atom is -0.480 e. The van der Waals surface area contributed by atoms with Crippen molar-refractivity contribution in [3.8, 4) is 22.7 Å². The van der Waals surface area contributed by atoms with Crippen molar-refractivity contribution in [1.29, 1.82) is 0 Å². The lowest BCUT2D eigenvalue weighted by Crippen LogP contribution is -2.23. The van der Waals surface area contributed by atoms with Gasteiger partial charge in [-0.25, -0.2) is 31.7 Å². The van der Waals surface area contributed by atoms with Crippen molar-refractivity contribution >= 4 is 32.6 Å². The highest BCUT2D eigenvalue weighted by molar-refractivity contribution is 7.92. The number of aromatic nitrogens is 3. The van der Waals surface area contributed by atoms with E-state index >= 15 is 0 Å². The SMILES string of the molecule is COc1ncc(-c2ccc3nc(N)n(-c4ccc(CN5CCCC5)cc4)c(=O)c3c2)cc1NS(=O)(=O)c1ccc(F)cc1F. The number of hydrogen-bond donors (Lipinski definition) is 2. The van der Waals surface area contributed by atoms with E-state index in [1.807, 2.05) is 24.3 Å². The molecule has 13 heteroatoms. The second kappa shape index (κ2) is 11.7. The normalized spacial score (nSPS) is 13.8. The van der Waals surface area contributed by atoms with Crippen molar-refractivity contribution in [3.63, 3.8) is 0 Å². The van der Waals surface area contributed by atoms with Crippen LogP contribution in [0.25, 0.3) is 27.7 Å². The molecular formula is C31H28F2N6O4S. The summed E-state index contributed by atoms with van der Waals surface area (Å²) in [6.07, 6.45) is 3.85. The standard InChI is InChI=1S/C31H28F2N6O4S/c1-43-29-27(37-44(41,42)28-11-7-22(32)16-25(28)33)15-21(17-35-29)20-6-10-26-24(14-20)30(40)39(31(34)36-26)23-8-4-19(5-9-23)18-38-12-2-3-13-38/h4-11,14-17,37H,2-3,12-13,18H2,1H3,(H2,34,36). The van der Waals surface area contributed by atoms with Gasteiger partial charge in [-0.2, -0.15) is 0 Å². The van der Waals surface area contributed by atoms with E-state index in [4.69, 9.17) is 10.5 Å². The van der Waals surface area contributed by atoms with E-state index < -0.39 is 26.6 Å². The highest BCUT2D eigenvalue weighted by atomic mass is 32.2. The smallest absolute Gasteiger partial charge is 0.267 e. The van der Waals surface area contributed by atoms with E-state index in [1.54, 1.807) is 18.2 Å². The summed E-state index contributed by atoms with van der Waals surface area (Å²) in [7, 11) is -3.18. The molecule has 1 aliphatic rings. The number of nitrogen functional groups attached to an aromatic ring is 1. The van der Waals surface area contributed by atoms with E-state index in [0.717, 1.165) is 37.3 Å². The maximum absolute atomic E-state index is 14.3. The number of hydrogen-bond acceptors (Lipinski definition) is 8. The van der Waals surface area contributed by atoms with Gasteiger partial charge in [-0.15, -0.1) is 0 Å². The zero-order valence-corrected chi connectivity index (χ0v) is 24.4. The third-order valence-corrected chi connectivity index (χ3v) is 8.90. The highest BCUT2D eigenvalue weighted by Gasteiger charge is 2.23. The predicted molar refractivity (Wildman–Crippen MR) is 163 cm³/mol. The van der Waals surface area contributed by atoms with Crippen LogP contribution in [-0.2, 0) is 16.6 Å². The van der Waals surface area contributed by atoms with Crippen LogP contribution in [0, 0.1) is 11.6 Å². The van der Waals surface area contributed by atoms with Gasteiger partial charge in [0, 0.05) is 24.4 Å². The van der Waals surface area contributed by atoms with Crippen LogP contribution in [0.15, 0.2) is 82.6 Å². The highest BCUT2D eigenvalue weighted by Crippen LogP contribution is 2.32. The van der Waals surface area contributed by atoms with Crippen LogP contribution in [0.1, 0.15) is 18.4 Å². The Morgan fingerprint density at radius 3 is 2.43 bits per heavy atom. The molecule has 10 nitrogen and oxygen atoms in total. The minimum absolute atomic E-state index is 0.0402. The van der Waals surface area contributed by atoms with Gasteiger partial charge in [-0.1, -0.05) is 18.2 Å². The lowest BCUT2D eigenvalue weighted by atomic mass is 10.0. The number of sulfonamides is 1. The van der Waals surface area contributed by atoms with Crippen molar-refractivity contribution in [2.45, 2.75) is 24.3 Å². The van der Waals surface area contributed by atoms with Crippen molar-refractivity contribution in [2.24, 2.45) is 0 Å². The number of fused-ring (bicyclic) bond motifs is 1. The van der Waals surface area contributed by atoms with Crippen molar-refractivity contribution < 1.29 is 21.9 Å². The van der Waals surface area contributed by atoms with E-state index in [-0.39, 0.29) is 28.5 Å². The van der Waals surface area contributed by atoms with Gasteiger partial charge >= 0.3 is 0 Å². The molecule has 0 amide bonds. The van der Waals surface area contributed by atoms with Crippen LogP contribution in [0.2, 0.25) is 0 Å². The van der Waals surface area contributed by atoms with Crippen molar-refractivity contribution in [1.82, 2.24) is 19.4 Å². The largest absolute Gasteiger partial charge is 0.480 e. The van der Waals surface area contributed by atoms with Gasteiger partial charge in [0.1, 0.15) is 22.2 Å². The summed E-state index contributed by atoms with van der Waals surface area (Å²) in [4.78, 5) is 24.0. The van der Waals surface area contributed by atoms with Crippen LogP contribution < -0.4 is 20.8 Å². The summed E-state index contributed by atoms with van der Waals surface area (Å²) in [6, 6.07) is 16.2. The summed E-state index contributed by atoms with van der Waals surface area (Å²) in [5, 5.41) is 0.282. The second-order valence-electron chi connectivity index (χ2n) is 10.5. The number of ether oxygens (including phenoxy) is 1. The van der Waals surface area contributed by atoms with Crippen LogP contribution in [0.4, 0.5) is 20.4 Å². The maximum atomic E-state index is 14.3. The summed E-state index contributed by atoms with van der Waals surface area (Å²) in [5.74, 6) is -2.20. The monoisotopic (exact) mass is 618 g/mol. The Labute approximate surface area is 251 Å². The van der Waals surface area contributed by atoms with Crippen LogP contribution in [-0.4, -0.2) is 48.1 Å². The van der Waals surface area contributed by atoms with E-state index in [0.29, 0.717) is 28.4 Å². The predicted octanol–water partition coefficient (Wildman–Crippen LogP) is 4.71. The molecule has 1 saturated heterocycles. The quantitative estimate of drug-likeness (QED) is 0.256. The Morgan fingerprint density at radius 2 is 1.73 bits per heavy atom. The third-order valence-electron chi connectivity index (χ3n) is 7.50. The Bertz CT molecular complexity index is 2050. The first-order valence-corrected chi connectivity index (χ1v) is 15.3. The molecule has 0 aliphatic carbocycles. The average Bonchev–Trinajstić information content (AvgIpc) is 3.50. The minimum atomic E-state index is -4.48. The molecule has 3 N–H and O–H groups in total. The van der Waals surface area contributed by atoms with Gasteiger partial charge in [0.05, 0.1) is 23.7 Å². The summed E-state index contributed by atoms with van der Waals surface area (Å²) < 4.78 is 62.4. The summed E-state index contributed by atoms with van der Waals surface area (Å²) in [5.41, 5.74) is 8.81. The molecule has 0 radical (unpaired) electrons. The molecule has 1 fully saturated rings. The number of rotatable bonds is 8. The molecule has 2 aromatic heterocycles. The number of methoxy groups -OCH3 is 1. The number of anilines is 2. The van der Waals surface area contributed by atoms with Gasteiger partial charge in [0.25, 0.3) is 15.6 Å². The van der Waals surface area contributed by atoms with Gasteiger partial charge in [0.2, 0.25) is 11.8 Å². The number of nitrogens with two attached hydrogens (primary N) is 1. The van der Waals surface area contributed by atoms with Crippen molar-refractivity contribution in [2.75, 3.05) is 30.7 Å². The van der Waals surface area contributed by atoms with Gasteiger partial charge in [-0.3, -0.25) is 14.4 Å². The fourth-order valence-corrected chi connectivity index (χ4v) is 6.43. The zero-order valence-electron chi connectivity index (χ0n) is 23.6. The molecule has 3 aromatic carbocycles. The molecule has 44 heavy (non-hydrogen) atoms. The topological polar surface area (TPSA) is 132 Å². The van der Waals surface area contributed by atoms with Crippen LogP contribution in [0.5, 0.6) is 5.88 Å². The van der Waals surface area contributed by atoms with Gasteiger partial charge < -0.3 is 10.5 Å². The van der Waals surface area contributed by atoms with Crippen LogP contribution in [0.3, 0.4) is 0 Å². The number of benzene rings is 3. The first kappa shape index (κ1) is 29.2. The molecule has 5 aromatic rings. The summed E-state index contributed by atoms with van der Waals surface area (Å²) >= 11 is 0. The van der Waals surface area contributed by atoms with Crippen molar-refractivity contribution in [3.05, 3.63) is 100 Å². The van der Waals surface area contributed by atoms with Gasteiger partial charge in [-0.05, 0) is 79.5 Å². The molecular weight excluding hydrogens is 590 g/mol. The molecule has 6 rings (SSSR count). The van der Waals surface area contributed by atoms with E-state index in [1.165, 1.54) is 36.8 Å². The molecule has 3 heterocycles. The molecule has 1 aliphatic heterocycles. The average molecular weight is 619 g/mol. The Hall–Kier alpha value is -4.88. The Morgan fingerprint density at radius 1 is 0.977 bits per heavy atom. The molecule has 0 saturated carbocycles. The van der Waals surface area contributed by atoms with E-state index in [9.17, 15) is 22.0 Å².